The second-order valence-electron chi connectivity index (χ2n) is 8.51. The zero-order valence-corrected chi connectivity index (χ0v) is 19.9. The topological polar surface area (TPSA) is 112 Å². The summed E-state index contributed by atoms with van der Waals surface area (Å²) in [6.07, 6.45) is -0.760. The van der Waals surface area contributed by atoms with Gasteiger partial charge in [-0.25, -0.2) is 0 Å². The summed E-state index contributed by atoms with van der Waals surface area (Å²) < 4.78 is 51.1. The summed E-state index contributed by atoms with van der Waals surface area (Å²) in [5, 5.41) is 10.5. The van der Waals surface area contributed by atoms with Crippen LogP contribution in [0, 0.1) is 0 Å². The van der Waals surface area contributed by atoms with E-state index in [2.05, 4.69) is 9.80 Å². The summed E-state index contributed by atoms with van der Waals surface area (Å²) >= 11 is 0. The second-order valence-corrected chi connectivity index (χ2v) is 9.92. The molecule has 3 rings (SSSR count). The van der Waals surface area contributed by atoms with E-state index in [4.69, 9.17) is 14.2 Å². The number of aliphatic hydroxyl groups is 1. The molecule has 2 aliphatic heterocycles. The number of benzene rings is 1. The average Bonchev–Trinajstić information content (AvgIpc) is 2.81. The van der Waals surface area contributed by atoms with Crippen LogP contribution in [-0.4, -0.2) is 130 Å². The molecule has 188 valence electrons. The highest BCUT2D eigenvalue weighted by Crippen LogP contribution is 2.09. The lowest BCUT2D eigenvalue weighted by molar-refractivity contribution is -0.0620. The fourth-order valence-electron chi connectivity index (χ4n) is 4.04. The first-order valence-electron chi connectivity index (χ1n) is 11.6. The zero-order valence-electron chi connectivity index (χ0n) is 19.1. The maximum atomic E-state index is 11.8. The highest BCUT2D eigenvalue weighted by molar-refractivity contribution is 7.83. The van der Waals surface area contributed by atoms with Crippen LogP contribution in [0.15, 0.2) is 30.3 Å². The van der Waals surface area contributed by atoms with Crippen LogP contribution in [0.25, 0.3) is 0 Å². The van der Waals surface area contributed by atoms with Crippen LogP contribution in [-0.2, 0) is 30.9 Å². The average molecular weight is 488 g/mol. The summed E-state index contributed by atoms with van der Waals surface area (Å²) in [5.74, 6) is 0. The van der Waals surface area contributed by atoms with Gasteiger partial charge in [0, 0.05) is 52.4 Å². The van der Waals surface area contributed by atoms with Crippen molar-refractivity contribution in [2.45, 2.75) is 18.6 Å². The number of aliphatic hydroxyl groups excluding tert-OH is 1. The first kappa shape index (κ1) is 26.5. The zero-order chi connectivity index (χ0) is 23.5. The third-order valence-corrected chi connectivity index (χ3v) is 6.87. The fourth-order valence-corrected chi connectivity index (χ4v) is 4.72. The Morgan fingerprint density at radius 2 is 1.52 bits per heavy atom. The number of hydrogen-bond acceptors (Lipinski definition) is 8. The standard InChI is InChI=1S/C22H37N3O7S/c26-21(16-25(33(27,28)29)7-6-20-4-2-1-3-5-20)19-32-22(17-23-8-12-30-13-9-23)18-24-10-14-31-15-11-24/h1-5,21-22,26H,6-19H2,(H,27,28,29). The molecule has 0 aromatic heterocycles. The summed E-state index contributed by atoms with van der Waals surface area (Å²) in [4.78, 5) is 4.57. The Labute approximate surface area is 196 Å². The molecular weight excluding hydrogens is 450 g/mol. The molecule has 0 radical (unpaired) electrons. The van der Waals surface area contributed by atoms with E-state index < -0.39 is 16.4 Å². The van der Waals surface area contributed by atoms with E-state index >= 15 is 0 Å². The van der Waals surface area contributed by atoms with Gasteiger partial charge < -0.3 is 19.3 Å². The molecule has 0 spiro atoms. The monoisotopic (exact) mass is 487 g/mol. The Morgan fingerprint density at radius 1 is 0.970 bits per heavy atom. The first-order valence-corrected chi connectivity index (χ1v) is 13.0. The Bertz CT molecular complexity index is 751. The van der Waals surface area contributed by atoms with Crippen molar-refractivity contribution in [3.8, 4) is 0 Å². The Kier molecular flexibility index (Phi) is 11.0. The Morgan fingerprint density at radius 3 is 2.03 bits per heavy atom. The Balaban J connectivity index is 1.51. The molecule has 33 heavy (non-hydrogen) atoms. The fraction of sp³-hybridized carbons (Fsp3) is 0.727. The lowest BCUT2D eigenvalue weighted by Gasteiger charge is -2.35. The second kappa shape index (κ2) is 13.7. The van der Waals surface area contributed by atoms with E-state index in [9.17, 15) is 18.1 Å². The van der Waals surface area contributed by atoms with Crippen LogP contribution >= 0.6 is 0 Å². The van der Waals surface area contributed by atoms with Crippen molar-refractivity contribution in [3.63, 3.8) is 0 Å². The minimum Gasteiger partial charge on any atom is -0.389 e. The summed E-state index contributed by atoms with van der Waals surface area (Å²) in [7, 11) is -4.44. The highest BCUT2D eigenvalue weighted by atomic mass is 32.2. The normalized spacial score (nSPS) is 19.9. The summed E-state index contributed by atoms with van der Waals surface area (Å²) in [5.41, 5.74) is 0.952. The number of morpholine rings is 2. The van der Waals surface area contributed by atoms with Crippen molar-refractivity contribution in [2.24, 2.45) is 0 Å². The molecule has 10 nitrogen and oxygen atoms in total. The lowest BCUT2D eigenvalue weighted by atomic mass is 10.1. The van der Waals surface area contributed by atoms with E-state index in [1.165, 1.54) is 0 Å². The SMILES string of the molecule is O=S(=O)(O)N(CCc1ccccc1)CC(O)COC(CN1CCOCC1)CN1CCOCC1. The molecule has 2 aliphatic rings. The van der Waals surface area contributed by atoms with E-state index in [-0.39, 0.29) is 25.8 Å². The van der Waals surface area contributed by atoms with Gasteiger partial charge in [-0.15, -0.1) is 0 Å². The molecule has 1 aromatic rings. The molecule has 0 aliphatic carbocycles. The van der Waals surface area contributed by atoms with Gasteiger partial charge in [-0.3, -0.25) is 14.4 Å². The molecule has 0 bridgehead atoms. The maximum Gasteiger partial charge on any atom is 0.336 e. The maximum absolute atomic E-state index is 11.8. The van der Waals surface area contributed by atoms with E-state index in [0.717, 1.165) is 36.0 Å². The minimum atomic E-state index is -4.44. The van der Waals surface area contributed by atoms with Gasteiger partial charge in [0.1, 0.15) is 0 Å². The van der Waals surface area contributed by atoms with Gasteiger partial charge in [-0.2, -0.15) is 12.7 Å². The van der Waals surface area contributed by atoms with Gasteiger partial charge in [0.05, 0.1) is 45.2 Å². The molecule has 0 saturated carbocycles. The third-order valence-electron chi connectivity index (χ3n) is 5.89. The van der Waals surface area contributed by atoms with Crippen molar-refractivity contribution in [2.75, 3.05) is 85.4 Å². The first-order chi connectivity index (χ1) is 15.9. The quantitative estimate of drug-likeness (QED) is 0.364. The lowest BCUT2D eigenvalue weighted by Crippen LogP contribution is -2.49. The van der Waals surface area contributed by atoms with Gasteiger partial charge in [0.15, 0.2) is 0 Å². The van der Waals surface area contributed by atoms with Crippen molar-refractivity contribution in [3.05, 3.63) is 35.9 Å². The summed E-state index contributed by atoms with van der Waals surface area (Å²) in [6, 6.07) is 9.42. The van der Waals surface area contributed by atoms with Gasteiger partial charge >= 0.3 is 10.3 Å². The number of hydrogen-bond donors (Lipinski definition) is 2. The van der Waals surface area contributed by atoms with Crippen LogP contribution in [0.5, 0.6) is 0 Å². The number of nitrogens with zero attached hydrogens (tertiary/aromatic N) is 3. The molecular formula is C22H37N3O7S. The van der Waals surface area contributed by atoms with Crippen molar-refractivity contribution >= 4 is 10.3 Å². The van der Waals surface area contributed by atoms with Gasteiger partial charge in [-0.05, 0) is 12.0 Å². The van der Waals surface area contributed by atoms with E-state index in [1.54, 1.807) is 0 Å². The summed E-state index contributed by atoms with van der Waals surface area (Å²) in [6.45, 7) is 7.36. The van der Waals surface area contributed by atoms with Gasteiger partial charge in [-0.1, -0.05) is 30.3 Å². The number of rotatable bonds is 13. The van der Waals surface area contributed by atoms with Crippen LogP contribution < -0.4 is 0 Å². The molecule has 2 fully saturated rings. The smallest absolute Gasteiger partial charge is 0.336 e. The van der Waals surface area contributed by atoms with Crippen LogP contribution in [0.4, 0.5) is 0 Å². The molecule has 2 heterocycles. The van der Waals surface area contributed by atoms with Crippen LogP contribution in [0.1, 0.15) is 5.56 Å². The molecule has 1 unspecified atom stereocenters. The van der Waals surface area contributed by atoms with Crippen molar-refractivity contribution in [1.82, 2.24) is 14.1 Å². The van der Waals surface area contributed by atoms with Gasteiger partial charge in [0.2, 0.25) is 0 Å². The molecule has 2 saturated heterocycles. The van der Waals surface area contributed by atoms with E-state index in [1.807, 2.05) is 30.3 Å². The molecule has 11 heteroatoms. The minimum absolute atomic E-state index is 0.0172. The van der Waals surface area contributed by atoms with Gasteiger partial charge in [0.25, 0.3) is 0 Å². The van der Waals surface area contributed by atoms with Crippen LogP contribution in [0.3, 0.4) is 0 Å². The van der Waals surface area contributed by atoms with E-state index in [0.29, 0.717) is 45.9 Å². The van der Waals surface area contributed by atoms with Crippen molar-refractivity contribution < 1.29 is 32.3 Å². The Hall–Kier alpha value is -1.15. The highest BCUT2D eigenvalue weighted by Gasteiger charge is 2.25. The molecule has 1 atom stereocenters. The molecule has 2 N–H and O–H groups in total. The number of ether oxygens (including phenoxy) is 3. The van der Waals surface area contributed by atoms with Crippen LogP contribution in [0.2, 0.25) is 0 Å². The van der Waals surface area contributed by atoms with Crippen molar-refractivity contribution in [1.29, 1.82) is 0 Å². The largest absolute Gasteiger partial charge is 0.389 e. The predicted molar refractivity (Wildman–Crippen MR) is 124 cm³/mol. The molecule has 1 aromatic carbocycles. The predicted octanol–water partition coefficient (Wildman–Crippen LogP) is -0.256. The third kappa shape index (κ3) is 9.93. The molecule has 0 amide bonds.